The predicted molar refractivity (Wildman–Crippen MR) is 176 cm³/mol. The minimum atomic E-state index is -1.13. The Balaban J connectivity index is 1.28. The third-order valence-corrected chi connectivity index (χ3v) is 9.27. The molecule has 2 saturated heterocycles. The van der Waals surface area contributed by atoms with Crippen molar-refractivity contribution in [2.24, 2.45) is 0 Å². The number of carbonyl (C=O) groups excluding carboxylic acids is 2. The summed E-state index contributed by atoms with van der Waals surface area (Å²) in [5.41, 5.74) is 1.98. The van der Waals surface area contributed by atoms with Crippen LogP contribution in [-0.4, -0.2) is 51.1 Å². The summed E-state index contributed by atoms with van der Waals surface area (Å²) in [6, 6.07) is 23.3. The van der Waals surface area contributed by atoms with Gasteiger partial charge in [0.1, 0.15) is 17.0 Å². The molecule has 6 rings (SSSR count). The first-order valence-corrected chi connectivity index (χ1v) is 15.9. The van der Waals surface area contributed by atoms with Crippen molar-refractivity contribution in [2.75, 3.05) is 11.4 Å². The molecule has 0 N–H and O–H groups in total. The van der Waals surface area contributed by atoms with Crippen LogP contribution in [0.15, 0.2) is 77.3 Å². The maximum atomic E-state index is 14.4. The molecular weight excluding hydrogens is 625 g/mol. The molecule has 0 radical (unpaired) electrons. The minimum Gasteiger partial charge on any atom is -0.491 e. The van der Waals surface area contributed by atoms with Crippen LogP contribution in [0.2, 0.25) is 10.0 Å². The third-order valence-electron chi connectivity index (χ3n) is 8.54. The maximum absolute atomic E-state index is 14.4. The highest BCUT2D eigenvalue weighted by Gasteiger charge is 2.60. The second-order valence-corrected chi connectivity index (χ2v) is 12.9. The normalized spacial score (nSPS) is 20.2. The van der Waals surface area contributed by atoms with E-state index in [0.29, 0.717) is 64.2 Å². The van der Waals surface area contributed by atoms with Gasteiger partial charge in [-0.2, -0.15) is 5.26 Å². The lowest BCUT2D eigenvalue weighted by molar-refractivity contribution is -0.133. The summed E-state index contributed by atoms with van der Waals surface area (Å²) in [4.78, 5) is 33.8. The molecule has 3 amide bonds. The van der Waals surface area contributed by atoms with Crippen LogP contribution < -0.4 is 9.64 Å². The van der Waals surface area contributed by atoms with E-state index in [-0.39, 0.29) is 24.6 Å². The van der Waals surface area contributed by atoms with E-state index < -0.39 is 11.6 Å². The molecule has 0 aliphatic carbocycles. The van der Waals surface area contributed by atoms with Crippen molar-refractivity contribution >= 4 is 40.8 Å². The van der Waals surface area contributed by atoms with Crippen molar-refractivity contribution in [1.29, 1.82) is 5.26 Å². The van der Waals surface area contributed by atoms with Crippen LogP contribution in [0, 0.1) is 11.3 Å². The Labute approximate surface area is 277 Å². The number of carbonyl (C=O) groups is 2. The second-order valence-electron chi connectivity index (χ2n) is 12.1. The Morgan fingerprint density at radius 2 is 1.85 bits per heavy atom. The molecular formula is C35H33Cl2N5O4. The topological polar surface area (TPSA) is 103 Å². The molecule has 2 fully saturated rings. The summed E-state index contributed by atoms with van der Waals surface area (Å²) in [5, 5.41) is 14.5. The van der Waals surface area contributed by atoms with E-state index in [1.807, 2.05) is 32.0 Å². The average Bonchev–Trinajstić information content (AvgIpc) is 3.57. The van der Waals surface area contributed by atoms with E-state index in [1.165, 1.54) is 4.90 Å². The number of aromatic nitrogens is 1. The quantitative estimate of drug-likeness (QED) is 0.179. The fraction of sp³-hybridized carbons (Fsp3) is 0.314. The number of imide groups is 1. The molecule has 1 aromatic heterocycles. The molecule has 2 atom stereocenters. The number of piperidine rings is 1. The Hall–Kier alpha value is -4.36. The smallest absolute Gasteiger partial charge is 0.332 e. The van der Waals surface area contributed by atoms with Crippen LogP contribution in [0.4, 0.5) is 10.5 Å². The Morgan fingerprint density at radius 1 is 1.04 bits per heavy atom. The lowest BCUT2D eigenvalue weighted by atomic mass is 9.81. The number of ether oxygens (including phenoxy) is 1. The van der Waals surface area contributed by atoms with E-state index in [0.717, 1.165) is 11.3 Å². The summed E-state index contributed by atoms with van der Waals surface area (Å²) in [5.74, 6) is 0.961. The van der Waals surface area contributed by atoms with Gasteiger partial charge >= 0.3 is 6.03 Å². The Kier molecular flexibility index (Phi) is 8.80. The maximum Gasteiger partial charge on any atom is 0.332 e. The number of halogens is 2. The van der Waals surface area contributed by atoms with Gasteiger partial charge in [0.2, 0.25) is 0 Å². The number of benzene rings is 3. The number of rotatable bonds is 8. The zero-order valence-corrected chi connectivity index (χ0v) is 27.3. The monoisotopic (exact) mass is 657 g/mol. The van der Waals surface area contributed by atoms with Gasteiger partial charge < -0.3 is 9.26 Å². The number of nitrogens with zero attached hydrogens (tertiary/aromatic N) is 5. The van der Waals surface area contributed by atoms with Gasteiger partial charge in [0, 0.05) is 36.4 Å². The summed E-state index contributed by atoms with van der Waals surface area (Å²) in [7, 11) is 0. The van der Waals surface area contributed by atoms with Crippen LogP contribution >= 0.6 is 23.2 Å². The van der Waals surface area contributed by atoms with Gasteiger partial charge in [-0.1, -0.05) is 46.6 Å². The zero-order valence-electron chi connectivity index (χ0n) is 25.7. The standard InChI is InChI=1S/C35H33Cl2N5O4/c1-22(2)45-29-9-5-7-25(15-29)20-40-13-12-35(18-23(40)3)33(43)41(34(44)42(35)28-8-4-6-24(14-28)19-38)21-27-17-32(46-39-27)26-10-11-30(36)31(37)16-26/h4-11,14-17,22-23H,12-13,18,20-21H2,1-3H3. The van der Waals surface area contributed by atoms with Crippen LogP contribution in [0.25, 0.3) is 11.3 Å². The first-order valence-electron chi connectivity index (χ1n) is 15.1. The van der Waals surface area contributed by atoms with Crippen molar-refractivity contribution in [3.05, 3.63) is 99.7 Å². The summed E-state index contributed by atoms with van der Waals surface area (Å²) in [6.07, 6.45) is 0.911. The van der Waals surface area contributed by atoms with Crippen molar-refractivity contribution < 1.29 is 18.8 Å². The van der Waals surface area contributed by atoms with E-state index in [1.54, 1.807) is 53.4 Å². The molecule has 0 saturated carbocycles. The summed E-state index contributed by atoms with van der Waals surface area (Å²) in [6.45, 7) is 7.27. The molecule has 2 unspecified atom stereocenters. The highest BCUT2D eigenvalue weighted by atomic mass is 35.5. The second kappa shape index (κ2) is 12.8. The largest absolute Gasteiger partial charge is 0.491 e. The number of hydrogen-bond acceptors (Lipinski definition) is 7. The molecule has 2 aliphatic heterocycles. The summed E-state index contributed by atoms with van der Waals surface area (Å²) < 4.78 is 11.4. The van der Waals surface area contributed by atoms with Crippen molar-refractivity contribution in [1.82, 2.24) is 15.0 Å². The van der Waals surface area contributed by atoms with Crippen LogP contribution in [0.1, 0.15) is 50.4 Å². The van der Waals surface area contributed by atoms with Gasteiger partial charge in [0.05, 0.1) is 34.3 Å². The van der Waals surface area contributed by atoms with Crippen LogP contribution in [0.5, 0.6) is 5.75 Å². The number of urea groups is 1. The first kappa shape index (κ1) is 31.6. The van der Waals surface area contributed by atoms with Crippen LogP contribution in [-0.2, 0) is 17.9 Å². The lowest BCUT2D eigenvalue weighted by Crippen LogP contribution is -2.59. The lowest BCUT2D eigenvalue weighted by Gasteiger charge is -2.45. The Morgan fingerprint density at radius 3 is 2.59 bits per heavy atom. The molecule has 3 aromatic carbocycles. The Bertz CT molecular complexity index is 1840. The fourth-order valence-corrected chi connectivity index (χ4v) is 6.71. The molecule has 46 heavy (non-hydrogen) atoms. The van der Waals surface area contributed by atoms with Crippen LogP contribution in [0.3, 0.4) is 0 Å². The van der Waals surface area contributed by atoms with E-state index >= 15 is 0 Å². The number of anilines is 1. The van der Waals surface area contributed by atoms with Gasteiger partial charge in [0.15, 0.2) is 5.76 Å². The number of hydrogen-bond donors (Lipinski definition) is 0. The zero-order chi connectivity index (χ0) is 32.6. The van der Waals surface area contributed by atoms with Gasteiger partial charge in [-0.3, -0.25) is 19.5 Å². The highest BCUT2D eigenvalue weighted by molar-refractivity contribution is 6.42. The third kappa shape index (κ3) is 6.08. The molecule has 2 aliphatic rings. The number of nitriles is 1. The SMILES string of the molecule is CC(C)Oc1cccc(CN2CCC3(CC2C)C(=O)N(Cc2cc(-c4ccc(Cl)c(Cl)c4)on2)C(=O)N3c2cccc(C#N)c2)c1. The highest BCUT2D eigenvalue weighted by Crippen LogP contribution is 2.43. The van der Waals surface area contributed by atoms with Crippen molar-refractivity contribution in [3.63, 3.8) is 0 Å². The van der Waals surface area contributed by atoms with Gasteiger partial charge in [-0.25, -0.2) is 4.79 Å². The van der Waals surface area contributed by atoms with E-state index in [4.69, 9.17) is 32.5 Å². The molecule has 11 heteroatoms. The predicted octanol–water partition coefficient (Wildman–Crippen LogP) is 7.70. The number of likely N-dealkylation sites (tertiary alicyclic amines) is 1. The average molecular weight is 659 g/mol. The van der Waals surface area contributed by atoms with Gasteiger partial charge in [0.25, 0.3) is 5.91 Å². The van der Waals surface area contributed by atoms with Crippen molar-refractivity contribution in [3.8, 4) is 23.1 Å². The van der Waals surface area contributed by atoms with Gasteiger partial charge in [-0.15, -0.1) is 0 Å². The molecule has 4 aromatic rings. The fourth-order valence-electron chi connectivity index (χ4n) is 6.41. The molecule has 236 valence electrons. The summed E-state index contributed by atoms with van der Waals surface area (Å²) >= 11 is 12.3. The molecule has 9 nitrogen and oxygen atoms in total. The molecule has 0 bridgehead atoms. The minimum absolute atomic E-state index is 0.0323. The molecule has 1 spiro atoms. The van der Waals surface area contributed by atoms with E-state index in [2.05, 4.69) is 29.1 Å². The van der Waals surface area contributed by atoms with Gasteiger partial charge in [-0.05, 0) is 87.7 Å². The van der Waals surface area contributed by atoms with E-state index in [9.17, 15) is 14.9 Å². The van der Waals surface area contributed by atoms with Crippen molar-refractivity contribution in [2.45, 2.75) is 64.4 Å². The number of amides is 3. The molecule has 3 heterocycles. The first-order chi connectivity index (χ1) is 22.1.